The van der Waals surface area contributed by atoms with Crippen LogP contribution < -0.4 is 24.2 Å². The average molecular weight is 932 g/mol. The molecule has 65 heavy (non-hydrogen) atoms. The average Bonchev–Trinajstić information content (AvgIpc) is 4.16. The number of halogens is 4. The van der Waals surface area contributed by atoms with E-state index in [1.165, 1.54) is 33.3 Å². The normalized spacial score (nSPS) is 26.5. The smallest absolute Gasteiger partial charge is 0.411 e. The predicted molar refractivity (Wildman–Crippen MR) is 229 cm³/mol. The van der Waals surface area contributed by atoms with Crippen molar-refractivity contribution >= 4 is 44.6 Å². The molecule has 3 N–H and O–H groups in total. The van der Waals surface area contributed by atoms with E-state index in [0.29, 0.717) is 61.6 Å². The Kier molecular flexibility index (Phi) is 12.8. The summed E-state index contributed by atoms with van der Waals surface area (Å²) in [7, 11) is -1.28. The van der Waals surface area contributed by atoms with E-state index in [4.69, 9.17) is 19.2 Å². The molecular weight excluding hydrogens is 879 g/mol. The molecule has 7 atom stereocenters. The maximum Gasteiger partial charge on any atom is 0.411 e. The summed E-state index contributed by atoms with van der Waals surface area (Å²) in [6.07, 6.45) is -3.30. The van der Waals surface area contributed by atoms with Crippen LogP contribution in [0.15, 0.2) is 54.6 Å². The van der Waals surface area contributed by atoms with Gasteiger partial charge in [0.25, 0.3) is 5.91 Å². The summed E-state index contributed by atoms with van der Waals surface area (Å²) in [4.78, 5) is 62.7. The number of methoxy groups -OCH3 is 2. The van der Waals surface area contributed by atoms with E-state index in [9.17, 15) is 45.5 Å². The molecule has 352 valence electrons. The minimum Gasteiger partial charge on any atom is -0.497 e. The number of amides is 4. The Labute approximate surface area is 373 Å². The van der Waals surface area contributed by atoms with Gasteiger partial charge < -0.3 is 29.5 Å². The van der Waals surface area contributed by atoms with Gasteiger partial charge >= 0.3 is 12.3 Å². The number of carbonyl (C=O) groups is 4. The molecule has 4 aliphatic rings. The monoisotopic (exact) mass is 931 g/mol. The lowest BCUT2D eigenvalue weighted by atomic mass is 9.85. The van der Waals surface area contributed by atoms with E-state index < -0.39 is 98.7 Å². The number of hydrogen-bond acceptors (Lipinski definition) is 10. The molecule has 2 aliphatic carbocycles. The Morgan fingerprint density at radius 3 is 2.37 bits per heavy atom. The van der Waals surface area contributed by atoms with E-state index in [1.807, 2.05) is 6.92 Å². The number of carboxylic acid groups (broad SMARTS) is 1. The number of alkyl halides is 3. The van der Waals surface area contributed by atoms with Crippen molar-refractivity contribution in [1.29, 1.82) is 0 Å². The van der Waals surface area contributed by atoms with Gasteiger partial charge in [0.2, 0.25) is 27.7 Å². The molecule has 0 spiro atoms. The zero-order chi connectivity index (χ0) is 47.4. The number of nitrogens with zero attached hydrogens (tertiary/aromatic N) is 3. The van der Waals surface area contributed by atoms with E-state index in [0.717, 1.165) is 4.90 Å². The van der Waals surface area contributed by atoms with Crippen LogP contribution >= 0.6 is 0 Å². The van der Waals surface area contributed by atoms with Gasteiger partial charge in [0, 0.05) is 23.3 Å². The molecule has 2 saturated carbocycles. The molecule has 0 bridgehead atoms. The molecular formula is C45H53F4N5O10S. The molecule has 7 rings (SSSR count). The van der Waals surface area contributed by atoms with E-state index >= 15 is 4.79 Å². The van der Waals surface area contributed by atoms with Gasteiger partial charge in [-0.05, 0) is 112 Å². The van der Waals surface area contributed by atoms with Crippen molar-refractivity contribution in [2.75, 3.05) is 20.8 Å². The third kappa shape index (κ3) is 9.40. The van der Waals surface area contributed by atoms with E-state index in [2.05, 4.69) is 10.0 Å². The summed E-state index contributed by atoms with van der Waals surface area (Å²) in [6, 6.07) is 7.35. The third-order valence-corrected chi connectivity index (χ3v) is 14.9. The highest BCUT2D eigenvalue weighted by Crippen LogP contribution is 2.47. The summed E-state index contributed by atoms with van der Waals surface area (Å²) in [6.45, 7) is 4.22. The molecule has 15 nitrogen and oxygen atoms in total. The minimum absolute atomic E-state index is 0.00983. The van der Waals surface area contributed by atoms with Crippen molar-refractivity contribution in [3.63, 3.8) is 0 Å². The number of pyridine rings is 1. The van der Waals surface area contributed by atoms with Crippen molar-refractivity contribution in [3.8, 4) is 28.6 Å². The van der Waals surface area contributed by atoms with Gasteiger partial charge in [-0.15, -0.1) is 0 Å². The van der Waals surface area contributed by atoms with Crippen molar-refractivity contribution in [2.45, 2.75) is 113 Å². The number of hydrogen-bond donors (Lipinski definition) is 3. The molecule has 3 fully saturated rings. The SMILES string of the molecule is COc1ccc2c(O[C@@H]3C[C@H]4C(=O)N[C@]5(C(=O)NS(=O)(=O)C6CC6)C[C@H]5C=CCC[C@H](C)C[C@@H](C)[C@H](N(C(=O)O)C(C)(C)C(F)(F)F)C(=O)N4C3)nc(-c3ccc(OC)c(F)c3)cc2c1. The molecule has 3 heterocycles. The predicted octanol–water partition coefficient (Wildman–Crippen LogP) is 6.59. The highest BCUT2D eigenvalue weighted by molar-refractivity contribution is 7.91. The number of sulfonamides is 1. The van der Waals surface area contributed by atoms with Crippen LogP contribution in [-0.4, -0.2) is 114 Å². The second-order valence-corrected chi connectivity index (χ2v) is 20.1. The number of allylic oxidation sites excluding steroid dienone is 1. The van der Waals surface area contributed by atoms with Crippen LogP contribution in [0.5, 0.6) is 17.4 Å². The van der Waals surface area contributed by atoms with Crippen LogP contribution in [0.1, 0.15) is 72.6 Å². The Morgan fingerprint density at radius 1 is 1.02 bits per heavy atom. The Bertz CT molecular complexity index is 2520. The quantitative estimate of drug-likeness (QED) is 0.147. The van der Waals surface area contributed by atoms with Gasteiger partial charge in [-0.2, -0.15) is 13.2 Å². The fraction of sp³-hybridized carbons (Fsp3) is 0.533. The molecule has 3 aromatic rings. The number of rotatable bonds is 10. The molecule has 20 heteroatoms. The van der Waals surface area contributed by atoms with Crippen LogP contribution in [0.2, 0.25) is 0 Å². The Hall–Kier alpha value is -5.66. The van der Waals surface area contributed by atoms with E-state index in [1.54, 1.807) is 42.5 Å². The maximum atomic E-state index is 15.2. The van der Waals surface area contributed by atoms with Crippen LogP contribution in [0.3, 0.4) is 0 Å². The second-order valence-electron chi connectivity index (χ2n) is 18.2. The molecule has 1 aromatic heterocycles. The van der Waals surface area contributed by atoms with Crippen LogP contribution in [0.25, 0.3) is 22.0 Å². The number of fused-ring (bicyclic) bond motifs is 3. The molecule has 2 aromatic carbocycles. The summed E-state index contributed by atoms with van der Waals surface area (Å²) in [5.41, 5.74) is -4.26. The van der Waals surface area contributed by atoms with Crippen LogP contribution in [0.4, 0.5) is 22.4 Å². The number of nitrogens with one attached hydrogen (secondary N) is 2. The zero-order valence-electron chi connectivity index (χ0n) is 36.8. The van der Waals surface area contributed by atoms with Crippen molar-refractivity contribution in [3.05, 3.63) is 60.4 Å². The fourth-order valence-electron chi connectivity index (χ4n) is 9.04. The van der Waals surface area contributed by atoms with Gasteiger partial charge in [-0.3, -0.25) is 24.0 Å². The molecule has 4 amide bonds. The highest BCUT2D eigenvalue weighted by Gasteiger charge is 2.63. The molecule has 1 saturated heterocycles. The number of ether oxygens (including phenoxy) is 3. The fourth-order valence-corrected chi connectivity index (χ4v) is 10.4. The Morgan fingerprint density at radius 2 is 1.74 bits per heavy atom. The van der Waals surface area contributed by atoms with Crippen molar-refractivity contribution in [2.24, 2.45) is 17.8 Å². The standard InChI is InChI=1S/C45H53F4N5O10S/c1-24-9-7-8-10-28-22-44(28,41(57)52-65(60,61)31-13-14-31)51-38(55)35-21-30(23-53(35)40(56)37(25(2)17-24)54(42(58)59)43(3,4)45(47,48)49)64-39-32-15-12-29(62-5)18-27(32)20-34(50-39)26-11-16-36(63-6)33(46)19-26/h8,10-12,15-16,18-20,24-25,28,30-31,35,37H,7,9,13-14,17,21-23H2,1-6H3,(H,51,55)(H,52,57)(H,58,59)/t24-,25+,28+,30+,35-,37-,44+/m0/s1. The number of benzene rings is 2. The number of carbonyl (C=O) groups excluding carboxylic acids is 3. The first-order valence-corrected chi connectivity index (χ1v) is 23.0. The van der Waals surface area contributed by atoms with Gasteiger partial charge in [0.05, 0.1) is 31.7 Å². The van der Waals surface area contributed by atoms with Gasteiger partial charge in [-0.1, -0.05) is 26.0 Å². The Balaban J connectivity index is 1.32. The minimum atomic E-state index is -5.14. The zero-order valence-corrected chi connectivity index (χ0v) is 37.6. The maximum absolute atomic E-state index is 15.2. The highest BCUT2D eigenvalue weighted by atomic mass is 32.2. The summed E-state index contributed by atoms with van der Waals surface area (Å²) in [5.74, 6) is -5.12. The molecule has 0 radical (unpaired) electrons. The summed E-state index contributed by atoms with van der Waals surface area (Å²) < 4.78 is 105. The number of aromatic nitrogens is 1. The first-order valence-electron chi connectivity index (χ1n) is 21.4. The summed E-state index contributed by atoms with van der Waals surface area (Å²) in [5, 5.41) is 13.5. The molecule has 0 unspecified atom stereocenters. The van der Waals surface area contributed by atoms with Gasteiger partial charge in [0.15, 0.2) is 11.6 Å². The molecule has 2 aliphatic heterocycles. The van der Waals surface area contributed by atoms with Crippen LogP contribution in [0, 0.1) is 23.6 Å². The lowest BCUT2D eigenvalue weighted by Gasteiger charge is -2.45. The van der Waals surface area contributed by atoms with Gasteiger partial charge in [-0.25, -0.2) is 22.6 Å². The first kappa shape index (κ1) is 47.3. The van der Waals surface area contributed by atoms with Crippen molar-refractivity contribution in [1.82, 2.24) is 24.8 Å². The third-order valence-electron chi connectivity index (χ3n) is 13.1. The van der Waals surface area contributed by atoms with E-state index in [-0.39, 0.29) is 47.4 Å². The lowest BCUT2D eigenvalue weighted by Crippen LogP contribution is -2.66. The lowest BCUT2D eigenvalue weighted by molar-refractivity contribution is -0.222. The van der Waals surface area contributed by atoms with Crippen LogP contribution in [-0.2, 0) is 24.4 Å². The van der Waals surface area contributed by atoms with Gasteiger partial charge in [0.1, 0.15) is 35.0 Å². The largest absolute Gasteiger partial charge is 0.497 e. The summed E-state index contributed by atoms with van der Waals surface area (Å²) >= 11 is 0. The first-order chi connectivity index (χ1) is 30.5. The second kappa shape index (κ2) is 17.6. The van der Waals surface area contributed by atoms with Crippen molar-refractivity contribution < 1.29 is 64.5 Å². The topological polar surface area (TPSA) is 194 Å².